The highest BCUT2D eigenvalue weighted by atomic mass is 32.1. The molecule has 0 bridgehead atoms. The maximum absolute atomic E-state index is 13.1. The maximum atomic E-state index is 13.1. The summed E-state index contributed by atoms with van der Waals surface area (Å²) in [4.78, 5) is 9.59. The van der Waals surface area contributed by atoms with Gasteiger partial charge in [0.2, 0.25) is 0 Å². The second kappa shape index (κ2) is 7.00. The van der Waals surface area contributed by atoms with Gasteiger partial charge in [-0.05, 0) is 24.6 Å². The molecule has 4 nitrogen and oxygen atoms in total. The number of nitrogens with zero attached hydrogens (tertiary/aromatic N) is 2. The third kappa shape index (κ3) is 4.31. The molecule has 0 radical (unpaired) electrons. The predicted molar refractivity (Wildman–Crippen MR) is 80.3 cm³/mol. The lowest BCUT2D eigenvalue weighted by molar-refractivity contribution is 0.624. The van der Waals surface area contributed by atoms with E-state index in [1.165, 1.54) is 17.0 Å². The van der Waals surface area contributed by atoms with Crippen LogP contribution in [0.3, 0.4) is 0 Å². The largest absolute Gasteiger partial charge is 0.352 e. The van der Waals surface area contributed by atoms with Crippen LogP contribution in [0.1, 0.15) is 15.4 Å². The number of aromatic nitrogens is 1. The first kappa shape index (κ1) is 14.5. The number of guanidine groups is 1. The zero-order valence-corrected chi connectivity index (χ0v) is 12.3. The van der Waals surface area contributed by atoms with Crippen molar-refractivity contribution in [2.24, 2.45) is 4.99 Å². The van der Waals surface area contributed by atoms with Crippen molar-refractivity contribution in [1.82, 2.24) is 15.6 Å². The summed E-state index contributed by atoms with van der Waals surface area (Å²) >= 11 is 1.65. The molecule has 2 aromatic rings. The summed E-state index contributed by atoms with van der Waals surface area (Å²) in [5, 5.41) is 7.33. The lowest BCUT2D eigenvalue weighted by Gasteiger charge is -2.10. The van der Waals surface area contributed by atoms with Crippen molar-refractivity contribution in [2.45, 2.75) is 20.0 Å². The monoisotopic (exact) mass is 292 g/mol. The van der Waals surface area contributed by atoms with Gasteiger partial charge in [-0.1, -0.05) is 12.1 Å². The average molecular weight is 292 g/mol. The fourth-order valence-corrected chi connectivity index (χ4v) is 2.42. The van der Waals surface area contributed by atoms with E-state index in [1.54, 1.807) is 24.5 Å². The Bertz CT molecular complexity index is 594. The molecule has 0 unspecified atom stereocenters. The summed E-state index contributed by atoms with van der Waals surface area (Å²) in [7, 11) is 1.70. The van der Waals surface area contributed by atoms with Crippen LogP contribution < -0.4 is 10.6 Å². The molecule has 1 aromatic heterocycles. The van der Waals surface area contributed by atoms with Gasteiger partial charge in [0.1, 0.15) is 10.8 Å². The first-order valence-electron chi connectivity index (χ1n) is 6.27. The molecule has 0 saturated heterocycles. The van der Waals surface area contributed by atoms with Gasteiger partial charge < -0.3 is 10.6 Å². The first-order valence-corrected chi connectivity index (χ1v) is 7.09. The zero-order valence-electron chi connectivity index (χ0n) is 11.5. The molecular formula is C14H17FN4S. The van der Waals surface area contributed by atoms with Crippen molar-refractivity contribution in [3.8, 4) is 0 Å². The van der Waals surface area contributed by atoms with Crippen molar-refractivity contribution in [2.75, 3.05) is 7.05 Å². The highest BCUT2D eigenvalue weighted by Gasteiger charge is 2.02. The Kier molecular flexibility index (Phi) is 5.06. The molecule has 2 N–H and O–H groups in total. The quantitative estimate of drug-likeness (QED) is 0.672. The molecule has 1 heterocycles. The van der Waals surface area contributed by atoms with Gasteiger partial charge in [0, 0.05) is 24.7 Å². The molecule has 0 fully saturated rings. The lowest BCUT2D eigenvalue weighted by Crippen LogP contribution is -2.36. The van der Waals surface area contributed by atoms with Crippen LogP contribution in [0.2, 0.25) is 0 Å². The first-order chi connectivity index (χ1) is 9.67. The minimum atomic E-state index is -0.231. The fourth-order valence-electron chi connectivity index (χ4n) is 1.70. The van der Waals surface area contributed by atoms with E-state index in [4.69, 9.17) is 0 Å². The van der Waals surface area contributed by atoms with Crippen molar-refractivity contribution >= 4 is 17.3 Å². The molecule has 0 aliphatic carbocycles. The van der Waals surface area contributed by atoms with Crippen LogP contribution in [0.4, 0.5) is 4.39 Å². The van der Waals surface area contributed by atoms with Crippen molar-refractivity contribution < 1.29 is 4.39 Å². The van der Waals surface area contributed by atoms with Crippen molar-refractivity contribution in [3.63, 3.8) is 0 Å². The van der Waals surface area contributed by atoms with E-state index < -0.39 is 0 Å². The summed E-state index contributed by atoms with van der Waals surface area (Å²) < 4.78 is 13.1. The van der Waals surface area contributed by atoms with Crippen molar-refractivity contribution in [1.29, 1.82) is 0 Å². The summed E-state index contributed by atoms with van der Waals surface area (Å²) in [5.74, 6) is 0.438. The third-order valence-electron chi connectivity index (χ3n) is 2.65. The number of benzene rings is 1. The number of hydrogen-bond acceptors (Lipinski definition) is 3. The normalized spacial score (nSPS) is 11.4. The second-order valence-corrected chi connectivity index (χ2v) is 5.59. The number of rotatable bonds is 4. The minimum Gasteiger partial charge on any atom is -0.352 e. The van der Waals surface area contributed by atoms with Crippen molar-refractivity contribution in [3.05, 3.63) is 51.7 Å². The number of thiazole rings is 1. The molecule has 2 rings (SSSR count). The number of halogens is 1. The fraction of sp³-hybridized carbons (Fsp3) is 0.286. The highest BCUT2D eigenvalue weighted by Crippen LogP contribution is 2.10. The molecular weight excluding hydrogens is 275 g/mol. The molecule has 6 heteroatoms. The van der Waals surface area contributed by atoms with Crippen LogP contribution >= 0.6 is 11.3 Å². The maximum Gasteiger partial charge on any atom is 0.191 e. The van der Waals surface area contributed by atoms with Gasteiger partial charge in [0.25, 0.3) is 0 Å². The van der Waals surface area contributed by atoms with E-state index in [0.717, 1.165) is 10.6 Å². The summed E-state index contributed by atoms with van der Waals surface area (Å²) in [6.07, 6.45) is 1.85. The summed E-state index contributed by atoms with van der Waals surface area (Å²) in [5.41, 5.74) is 0.873. The Morgan fingerprint density at radius 1 is 1.35 bits per heavy atom. The van der Waals surface area contributed by atoms with Gasteiger partial charge in [0.15, 0.2) is 5.96 Å². The van der Waals surface area contributed by atoms with Crippen LogP contribution in [0, 0.1) is 12.7 Å². The zero-order chi connectivity index (χ0) is 14.4. The summed E-state index contributed by atoms with van der Waals surface area (Å²) in [6.45, 7) is 3.17. The summed E-state index contributed by atoms with van der Waals surface area (Å²) in [6, 6.07) is 6.50. The standard InChI is InChI=1S/C14H17FN4S/c1-10-7-17-13(20-10)9-19-14(16-2)18-8-11-4-3-5-12(15)6-11/h3-7H,8-9H2,1-2H3,(H2,16,18,19). The minimum absolute atomic E-state index is 0.231. The number of aliphatic imine (C=N–C) groups is 1. The molecule has 106 valence electrons. The highest BCUT2D eigenvalue weighted by molar-refractivity contribution is 7.11. The smallest absolute Gasteiger partial charge is 0.191 e. The van der Waals surface area contributed by atoms with Gasteiger partial charge in [-0.2, -0.15) is 0 Å². The van der Waals surface area contributed by atoms with Crippen LogP contribution in [-0.4, -0.2) is 18.0 Å². The SMILES string of the molecule is CN=C(NCc1cccc(F)c1)NCc1ncc(C)s1. The average Bonchev–Trinajstić information content (AvgIpc) is 2.85. The molecule has 0 aliphatic heterocycles. The Labute approximate surface area is 121 Å². The van der Waals surface area contributed by atoms with Crippen LogP contribution in [0.15, 0.2) is 35.5 Å². The van der Waals surface area contributed by atoms with Gasteiger partial charge in [-0.15, -0.1) is 11.3 Å². The molecule has 0 amide bonds. The molecule has 0 spiro atoms. The Hall–Kier alpha value is -1.95. The van der Waals surface area contributed by atoms with Crippen LogP contribution in [-0.2, 0) is 13.1 Å². The van der Waals surface area contributed by atoms with E-state index in [1.807, 2.05) is 19.2 Å². The Morgan fingerprint density at radius 2 is 2.15 bits per heavy atom. The lowest BCUT2D eigenvalue weighted by atomic mass is 10.2. The van der Waals surface area contributed by atoms with Gasteiger partial charge in [-0.3, -0.25) is 4.99 Å². The Morgan fingerprint density at radius 3 is 2.80 bits per heavy atom. The number of hydrogen-bond donors (Lipinski definition) is 2. The predicted octanol–water partition coefficient (Wildman–Crippen LogP) is 2.46. The van der Waals surface area contributed by atoms with Crippen LogP contribution in [0.25, 0.3) is 0 Å². The van der Waals surface area contributed by atoms with E-state index in [-0.39, 0.29) is 5.82 Å². The Balaban J connectivity index is 1.84. The van der Waals surface area contributed by atoms with Crippen LogP contribution in [0.5, 0.6) is 0 Å². The molecule has 1 aromatic carbocycles. The van der Waals surface area contributed by atoms with E-state index >= 15 is 0 Å². The second-order valence-electron chi connectivity index (χ2n) is 4.27. The molecule has 0 saturated carbocycles. The van der Waals surface area contributed by atoms with E-state index in [0.29, 0.717) is 19.0 Å². The molecule has 20 heavy (non-hydrogen) atoms. The van der Waals surface area contributed by atoms with Gasteiger partial charge in [-0.25, -0.2) is 9.37 Å². The topological polar surface area (TPSA) is 49.3 Å². The molecule has 0 atom stereocenters. The molecule has 0 aliphatic rings. The number of aryl methyl sites for hydroxylation is 1. The number of nitrogens with one attached hydrogen (secondary N) is 2. The third-order valence-corrected chi connectivity index (χ3v) is 3.56. The van der Waals surface area contributed by atoms with Gasteiger partial charge in [0.05, 0.1) is 6.54 Å². The van der Waals surface area contributed by atoms with Gasteiger partial charge >= 0.3 is 0 Å². The van der Waals surface area contributed by atoms with E-state index in [2.05, 4.69) is 20.6 Å². The van der Waals surface area contributed by atoms with E-state index in [9.17, 15) is 4.39 Å².